The van der Waals surface area contributed by atoms with Gasteiger partial charge in [0.25, 0.3) is 0 Å². The first-order valence-electron chi connectivity index (χ1n) is 5.60. The number of rotatable bonds is 4. The molecule has 0 saturated carbocycles. The molecule has 0 spiro atoms. The van der Waals surface area contributed by atoms with Crippen LogP contribution in [0.5, 0.6) is 0 Å². The van der Waals surface area contributed by atoms with Crippen molar-refractivity contribution in [1.29, 1.82) is 0 Å². The van der Waals surface area contributed by atoms with E-state index in [1.807, 2.05) is 6.92 Å². The van der Waals surface area contributed by atoms with Crippen molar-refractivity contribution in [3.05, 3.63) is 12.2 Å². The normalized spacial score (nSPS) is 26.5. The molecular weight excluding hydrogens is 204 g/mol. The van der Waals surface area contributed by atoms with Crippen LogP contribution in [0, 0.1) is 0 Å². The summed E-state index contributed by atoms with van der Waals surface area (Å²) in [6, 6.07) is 0. The molecule has 1 aliphatic rings. The smallest absolute Gasteiger partial charge is 0.192 e. The number of epoxide rings is 1. The van der Waals surface area contributed by atoms with Gasteiger partial charge in [-0.05, 0) is 30.6 Å². The van der Waals surface area contributed by atoms with E-state index < -0.39 is 8.32 Å². The Labute approximate surface area is 94.8 Å². The lowest BCUT2D eigenvalue weighted by Gasteiger charge is -2.36. The zero-order valence-corrected chi connectivity index (χ0v) is 11.9. The molecule has 1 fully saturated rings. The Hall–Kier alpha value is -0.123. The van der Waals surface area contributed by atoms with Crippen molar-refractivity contribution in [2.45, 2.75) is 58.0 Å². The summed E-state index contributed by atoms with van der Waals surface area (Å²) in [5.41, 5.74) is 1.11. The highest BCUT2D eigenvalue weighted by Gasteiger charge is 2.43. The SMILES string of the molecule is C=C(C)[C@@H]1O[C@@H]1CO[Si](C)(C)C(C)(C)C. The molecule has 88 valence electrons. The van der Waals surface area contributed by atoms with Crippen LogP contribution >= 0.6 is 0 Å². The Balaban J connectivity index is 2.36. The van der Waals surface area contributed by atoms with E-state index in [0.29, 0.717) is 0 Å². The quantitative estimate of drug-likeness (QED) is 0.418. The molecule has 1 heterocycles. The molecule has 2 nitrogen and oxygen atoms in total. The summed E-state index contributed by atoms with van der Waals surface area (Å²) in [6.45, 7) is 17.9. The van der Waals surface area contributed by atoms with Crippen molar-refractivity contribution in [2.75, 3.05) is 6.61 Å². The van der Waals surface area contributed by atoms with Gasteiger partial charge in [-0.3, -0.25) is 0 Å². The summed E-state index contributed by atoms with van der Waals surface area (Å²) in [4.78, 5) is 0. The van der Waals surface area contributed by atoms with Crippen LogP contribution in [0.1, 0.15) is 27.7 Å². The molecule has 0 N–H and O–H groups in total. The summed E-state index contributed by atoms with van der Waals surface area (Å²) in [7, 11) is -1.60. The fourth-order valence-corrected chi connectivity index (χ4v) is 2.22. The third kappa shape index (κ3) is 3.16. The van der Waals surface area contributed by atoms with E-state index in [1.54, 1.807) is 0 Å². The summed E-state index contributed by atoms with van der Waals surface area (Å²) >= 11 is 0. The molecule has 2 atom stereocenters. The van der Waals surface area contributed by atoms with Crippen LogP contribution in [0.3, 0.4) is 0 Å². The Morgan fingerprint density at radius 3 is 2.27 bits per heavy atom. The van der Waals surface area contributed by atoms with Crippen molar-refractivity contribution in [2.24, 2.45) is 0 Å². The molecule has 0 aromatic rings. The standard InChI is InChI=1S/C12H24O2Si/c1-9(2)11-10(14-11)8-13-15(6,7)12(3,4)5/h10-11H,1,8H2,2-7H3/t10-,11+/m1/s1. The average Bonchev–Trinajstić information content (AvgIpc) is 2.77. The maximum atomic E-state index is 6.07. The van der Waals surface area contributed by atoms with Crippen LogP contribution in [0.4, 0.5) is 0 Å². The molecule has 1 rings (SSSR count). The largest absolute Gasteiger partial charge is 0.414 e. The van der Waals surface area contributed by atoms with Crippen LogP contribution < -0.4 is 0 Å². The maximum Gasteiger partial charge on any atom is 0.192 e. The minimum atomic E-state index is -1.60. The highest BCUT2D eigenvalue weighted by Crippen LogP contribution is 2.38. The van der Waals surface area contributed by atoms with Gasteiger partial charge in [-0.15, -0.1) is 0 Å². The molecule has 0 unspecified atom stereocenters. The lowest BCUT2D eigenvalue weighted by atomic mass is 10.2. The fraction of sp³-hybridized carbons (Fsp3) is 0.833. The van der Waals surface area contributed by atoms with Crippen LogP contribution in [0.2, 0.25) is 18.1 Å². The Bertz CT molecular complexity index is 253. The molecule has 0 amide bonds. The third-order valence-electron chi connectivity index (χ3n) is 3.48. The van der Waals surface area contributed by atoms with Crippen LogP contribution in [-0.4, -0.2) is 27.1 Å². The molecule has 15 heavy (non-hydrogen) atoms. The van der Waals surface area contributed by atoms with Crippen LogP contribution in [-0.2, 0) is 9.16 Å². The van der Waals surface area contributed by atoms with E-state index in [-0.39, 0.29) is 17.2 Å². The third-order valence-corrected chi connectivity index (χ3v) is 7.98. The van der Waals surface area contributed by atoms with Gasteiger partial charge >= 0.3 is 0 Å². The second-order valence-electron chi connectivity index (χ2n) is 6.01. The highest BCUT2D eigenvalue weighted by molar-refractivity contribution is 6.74. The van der Waals surface area contributed by atoms with Crippen molar-refractivity contribution in [3.63, 3.8) is 0 Å². The first-order chi connectivity index (χ1) is 6.65. The maximum absolute atomic E-state index is 6.07. The lowest BCUT2D eigenvalue weighted by molar-refractivity contribution is 0.242. The van der Waals surface area contributed by atoms with Gasteiger partial charge in [0.05, 0.1) is 6.61 Å². The molecule has 0 aromatic carbocycles. The summed E-state index contributed by atoms with van der Waals surface area (Å²) < 4.78 is 11.6. The fourth-order valence-electron chi connectivity index (χ4n) is 1.21. The Kier molecular flexibility index (Phi) is 3.48. The monoisotopic (exact) mass is 228 g/mol. The van der Waals surface area contributed by atoms with Crippen LogP contribution in [0.25, 0.3) is 0 Å². The zero-order valence-electron chi connectivity index (χ0n) is 10.9. The predicted molar refractivity (Wildman–Crippen MR) is 66.6 cm³/mol. The molecule has 1 aliphatic heterocycles. The van der Waals surface area contributed by atoms with Crippen molar-refractivity contribution >= 4 is 8.32 Å². The predicted octanol–water partition coefficient (Wildman–Crippen LogP) is 3.35. The lowest BCUT2D eigenvalue weighted by Crippen LogP contribution is -2.41. The topological polar surface area (TPSA) is 21.8 Å². The molecule has 1 saturated heterocycles. The minimum Gasteiger partial charge on any atom is -0.414 e. The van der Waals surface area contributed by atoms with E-state index in [0.717, 1.165) is 12.2 Å². The number of hydrogen-bond acceptors (Lipinski definition) is 2. The Morgan fingerprint density at radius 2 is 1.93 bits per heavy atom. The molecule has 0 radical (unpaired) electrons. The second kappa shape index (κ2) is 4.04. The minimum absolute atomic E-state index is 0.245. The van der Waals surface area contributed by atoms with Gasteiger partial charge in [0.2, 0.25) is 0 Å². The number of ether oxygens (including phenoxy) is 1. The van der Waals surface area contributed by atoms with Crippen molar-refractivity contribution < 1.29 is 9.16 Å². The number of hydrogen-bond donors (Lipinski definition) is 0. The first kappa shape index (κ1) is 12.9. The van der Waals surface area contributed by atoms with Gasteiger partial charge in [0, 0.05) is 0 Å². The van der Waals surface area contributed by atoms with Gasteiger partial charge in [-0.25, -0.2) is 0 Å². The van der Waals surface area contributed by atoms with Crippen molar-refractivity contribution in [1.82, 2.24) is 0 Å². The van der Waals surface area contributed by atoms with E-state index in [2.05, 4.69) is 40.4 Å². The van der Waals surface area contributed by atoms with E-state index in [9.17, 15) is 0 Å². The highest BCUT2D eigenvalue weighted by atomic mass is 28.4. The van der Waals surface area contributed by atoms with Gasteiger partial charge in [0.1, 0.15) is 12.2 Å². The summed E-state index contributed by atoms with van der Waals surface area (Å²) in [5, 5.41) is 0.278. The molecule has 0 aromatic heterocycles. The summed E-state index contributed by atoms with van der Waals surface area (Å²) in [5.74, 6) is 0. The second-order valence-corrected chi connectivity index (χ2v) is 10.8. The summed E-state index contributed by atoms with van der Waals surface area (Å²) in [6.07, 6.45) is 0.506. The van der Waals surface area contributed by atoms with Gasteiger partial charge in [0.15, 0.2) is 8.32 Å². The van der Waals surface area contributed by atoms with E-state index in [1.165, 1.54) is 0 Å². The van der Waals surface area contributed by atoms with E-state index in [4.69, 9.17) is 9.16 Å². The molecule has 3 heteroatoms. The molecule has 0 aliphatic carbocycles. The molecule has 0 bridgehead atoms. The van der Waals surface area contributed by atoms with Gasteiger partial charge in [-0.1, -0.05) is 27.4 Å². The van der Waals surface area contributed by atoms with E-state index >= 15 is 0 Å². The zero-order chi connectivity index (χ0) is 11.9. The first-order valence-corrected chi connectivity index (χ1v) is 8.51. The Morgan fingerprint density at radius 1 is 1.40 bits per heavy atom. The average molecular weight is 228 g/mol. The van der Waals surface area contributed by atoms with Gasteiger partial charge in [-0.2, -0.15) is 0 Å². The van der Waals surface area contributed by atoms with Crippen molar-refractivity contribution in [3.8, 4) is 0 Å². The van der Waals surface area contributed by atoms with Crippen LogP contribution in [0.15, 0.2) is 12.2 Å². The van der Waals surface area contributed by atoms with Gasteiger partial charge < -0.3 is 9.16 Å². The molecular formula is C12H24O2Si.